The summed E-state index contributed by atoms with van der Waals surface area (Å²) in [5, 5.41) is 3.75. The van der Waals surface area contributed by atoms with Crippen LogP contribution in [-0.4, -0.2) is 57.2 Å². The molecule has 0 spiro atoms. The molecule has 4 amide bonds. The van der Waals surface area contributed by atoms with E-state index in [0.717, 1.165) is 28.8 Å². The van der Waals surface area contributed by atoms with Crippen molar-refractivity contribution in [2.75, 3.05) is 19.6 Å². The molecule has 2 aliphatic heterocycles. The Morgan fingerprint density at radius 2 is 1.91 bits per heavy atom. The highest BCUT2D eigenvalue weighted by Crippen LogP contribution is 2.33. The number of fused-ring (bicyclic) bond motifs is 1. The van der Waals surface area contributed by atoms with E-state index in [1.807, 2.05) is 18.3 Å². The molecule has 9 heteroatoms. The number of H-pyrrole nitrogens is 1. The van der Waals surface area contributed by atoms with Crippen LogP contribution in [-0.2, 0) is 15.1 Å². The lowest BCUT2D eigenvalue weighted by Crippen LogP contribution is -2.46. The van der Waals surface area contributed by atoms with Crippen molar-refractivity contribution in [2.24, 2.45) is 0 Å². The lowest BCUT2D eigenvalue weighted by Gasteiger charge is -2.32. The molecular weight excluding hydrogens is 425 g/mol. The number of urea groups is 1. The lowest BCUT2D eigenvalue weighted by molar-refractivity contribution is -0.139. The SMILES string of the molecule is CC1(c2ccc(F)cc2)NC(=O)N(CC(=O)N2CCC(c3c[nH]c4ncccc34)CC2)C1=O. The van der Waals surface area contributed by atoms with Gasteiger partial charge in [0.05, 0.1) is 0 Å². The number of carbonyl (C=O) groups excluding carboxylic acids is 3. The van der Waals surface area contributed by atoms with Gasteiger partial charge in [-0.15, -0.1) is 0 Å². The molecule has 0 bridgehead atoms. The molecule has 0 saturated carbocycles. The summed E-state index contributed by atoms with van der Waals surface area (Å²) >= 11 is 0. The fourth-order valence-corrected chi connectivity index (χ4v) is 4.81. The number of pyridine rings is 1. The standard InChI is InChI=1S/C24H24FN5O3/c1-24(16-4-6-17(25)7-5-16)22(32)30(23(33)28-24)14-20(31)29-11-8-15(9-12-29)19-13-27-21-18(19)3-2-10-26-21/h2-7,10,13,15H,8-9,11-12,14H2,1H3,(H,26,27)(H,28,33). The molecule has 33 heavy (non-hydrogen) atoms. The number of hydrogen-bond acceptors (Lipinski definition) is 4. The number of benzene rings is 1. The van der Waals surface area contributed by atoms with Crippen LogP contribution in [0.15, 0.2) is 48.8 Å². The maximum Gasteiger partial charge on any atom is 0.325 e. The van der Waals surface area contributed by atoms with Gasteiger partial charge in [0, 0.05) is 30.9 Å². The van der Waals surface area contributed by atoms with Gasteiger partial charge in [0.15, 0.2) is 0 Å². The van der Waals surface area contributed by atoms with E-state index in [0.29, 0.717) is 24.6 Å². The second-order valence-corrected chi connectivity index (χ2v) is 8.75. The highest BCUT2D eigenvalue weighted by atomic mass is 19.1. The van der Waals surface area contributed by atoms with E-state index >= 15 is 0 Å². The summed E-state index contributed by atoms with van der Waals surface area (Å²) in [4.78, 5) is 48.7. The molecule has 8 nitrogen and oxygen atoms in total. The van der Waals surface area contributed by atoms with E-state index in [-0.39, 0.29) is 12.5 Å². The first-order valence-corrected chi connectivity index (χ1v) is 11.0. The van der Waals surface area contributed by atoms with Gasteiger partial charge >= 0.3 is 6.03 Å². The highest BCUT2D eigenvalue weighted by Gasteiger charge is 2.49. The van der Waals surface area contributed by atoms with Crippen LogP contribution in [0.4, 0.5) is 9.18 Å². The van der Waals surface area contributed by atoms with E-state index in [4.69, 9.17) is 0 Å². The van der Waals surface area contributed by atoms with Crippen LogP contribution in [0.5, 0.6) is 0 Å². The molecule has 2 aromatic heterocycles. The molecule has 1 atom stereocenters. The summed E-state index contributed by atoms with van der Waals surface area (Å²) in [5.74, 6) is -0.904. The van der Waals surface area contributed by atoms with Gasteiger partial charge in [0.2, 0.25) is 5.91 Å². The topological polar surface area (TPSA) is 98.4 Å². The van der Waals surface area contributed by atoms with Crippen molar-refractivity contribution in [1.82, 2.24) is 25.1 Å². The van der Waals surface area contributed by atoms with Crippen molar-refractivity contribution in [3.05, 3.63) is 65.7 Å². The lowest BCUT2D eigenvalue weighted by atomic mass is 9.89. The molecule has 2 fully saturated rings. The monoisotopic (exact) mass is 449 g/mol. The minimum absolute atomic E-state index is 0.263. The Labute approximate surface area is 189 Å². The van der Waals surface area contributed by atoms with Crippen LogP contribution in [0.3, 0.4) is 0 Å². The molecule has 1 unspecified atom stereocenters. The maximum atomic E-state index is 13.3. The van der Waals surface area contributed by atoms with Gasteiger partial charge in [-0.25, -0.2) is 14.2 Å². The van der Waals surface area contributed by atoms with Crippen LogP contribution in [0.2, 0.25) is 0 Å². The summed E-state index contributed by atoms with van der Waals surface area (Å²) in [5.41, 5.74) is 1.19. The van der Waals surface area contributed by atoms with E-state index < -0.39 is 23.3 Å². The number of nitrogens with zero attached hydrogens (tertiary/aromatic N) is 3. The summed E-state index contributed by atoms with van der Waals surface area (Å²) in [6, 6.07) is 8.73. The van der Waals surface area contributed by atoms with Crippen molar-refractivity contribution in [2.45, 2.75) is 31.2 Å². The number of aromatic amines is 1. The molecular formula is C24H24FN5O3. The summed E-state index contributed by atoms with van der Waals surface area (Å²) in [6.45, 7) is 2.35. The third-order valence-corrected chi connectivity index (χ3v) is 6.76. The number of likely N-dealkylation sites (tertiary alicyclic amines) is 1. The smallest absolute Gasteiger partial charge is 0.325 e. The molecule has 3 aromatic rings. The van der Waals surface area contributed by atoms with E-state index in [1.165, 1.54) is 29.8 Å². The van der Waals surface area contributed by atoms with Gasteiger partial charge in [0.1, 0.15) is 23.5 Å². The zero-order chi connectivity index (χ0) is 23.2. The van der Waals surface area contributed by atoms with Gasteiger partial charge in [-0.1, -0.05) is 12.1 Å². The Bertz CT molecular complexity index is 1230. The second kappa shape index (κ2) is 7.99. The van der Waals surface area contributed by atoms with Gasteiger partial charge in [0.25, 0.3) is 5.91 Å². The van der Waals surface area contributed by atoms with Crippen molar-refractivity contribution in [1.29, 1.82) is 0 Å². The van der Waals surface area contributed by atoms with E-state index in [9.17, 15) is 18.8 Å². The Morgan fingerprint density at radius 1 is 1.18 bits per heavy atom. The number of imide groups is 1. The maximum absolute atomic E-state index is 13.3. The number of rotatable bonds is 4. The minimum atomic E-state index is -1.33. The first-order chi connectivity index (χ1) is 15.9. The zero-order valence-electron chi connectivity index (χ0n) is 18.2. The molecule has 0 radical (unpaired) electrons. The summed E-state index contributed by atoms with van der Waals surface area (Å²) in [7, 11) is 0. The fourth-order valence-electron chi connectivity index (χ4n) is 4.81. The van der Waals surface area contributed by atoms with E-state index in [2.05, 4.69) is 15.3 Å². The number of piperidine rings is 1. The van der Waals surface area contributed by atoms with Crippen LogP contribution in [0, 0.1) is 5.82 Å². The molecule has 2 aliphatic rings. The van der Waals surface area contributed by atoms with Crippen molar-refractivity contribution < 1.29 is 18.8 Å². The molecule has 1 aromatic carbocycles. The number of nitrogens with one attached hydrogen (secondary N) is 2. The molecule has 4 heterocycles. The number of carbonyl (C=O) groups is 3. The predicted octanol–water partition coefficient (Wildman–Crippen LogP) is 2.88. The Hall–Kier alpha value is -3.75. The largest absolute Gasteiger partial charge is 0.346 e. The second-order valence-electron chi connectivity index (χ2n) is 8.75. The quantitative estimate of drug-likeness (QED) is 0.599. The number of aromatic nitrogens is 2. The molecule has 170 valence electrons. The first-order valence-electron chi connectivity index (χ1n) is 11.0. The fraction of sp³-hybridized carbons (Fsp3) is 0.333. The summed E-state index contributed by atoms with van der Waals surface area (Å²) in [6.07, 6.45) is 5.33. The van der Waals surface area contributed by atoms with Crippen LogP contribution < -0.4 is 5.32 Å². The van der Waals surface area contributed by atoms with Gasteiger partial charge in [-0.3, -0.25) is 14.5 Å². The Morgan fingerprint density at radius 3 is 2.64 bits per heavy atom. The van der Waals surface area contributed by atoms with E-state index in [1.54, 1.807) is 18.0 Å². The Kier molecular flexibility index (Phi) is 5.11. The molecule has 2 saturated heterocycles. The van der Waals surface area contributed by atoms with Crippen LogP contribution in [0.25, 0.3) is 11.0 Å². The normalized spacial score (nSPS) is 21.6. The van der Waals surface area contributed by atoms with Crippen molar-refractivity contribution in [3.63, 3.8) is 0 Å². The summed E-state index contributed by atoms with van der Waals surface area (Å²) < 4.78 is 13.3. The van der Waals surface area contributed by atoms with Gasteiger partial charge in [-0.05, 0) is 61.1 Å². The average molecular weight is 449 g/mol. The predicted molar refractivity (Wildman–Crippen MR) is 119 cm³/mol. The third-order valence-electron chi connectivity index (χ3n) is 6.76. The molecule has 0 aliphatic carbocycles. The molecule has 5 rings (SSSR count). The Balaban J connectivity index is 1.23. The highest BCUT2D eigenvalue weighted by molar-refractivity contribution is 6.09. The van der Waals surface area contributed by atoms with Crippen LogP contribution in [0.1, 0.15) is 36.8 Å². The number of halogens is 1. The third kappa shape index (κ3) is 3.63. The van der Waals surface area contributed by atoms with Crippen LogP contribution >= 0.6 is 0 Å². The minimum Gasteiger partial charge on any atom is -0.346 e. The van der Waals surface area contributed by atoms with Crippen molar-refractivity contribution >= 4 is 28.9 Å². The first kappa shape index (κ1) is 21.1. The number of amides is 4. The number of hydrogen-bond donors (Lipinski definition) is 2. The average Bonchev–Trinajstić information content (AvgIpc) is 3.34. The zero-order valence-corrected chi connectivity index (χ0v) is 18.2. The molecule has 2 N–H and O–H groups in total. The van der Waals surface area contributed by atoms with Gasteiger partial charge in [-0.2, -0.15) is 0 Å². The van der Waals surface area contributed by atoms with Crippen molar-refractivity contribution in [3.8, 4) is 0 Å². The van der Waals surface area contributed by atoms with Gasteiger partial charge < -0.3 is 15.2 Å².